The molecule has 1 aliphatic heterocycles. The van der Waals surface area contributed by atoms with Gasteiger partial charge in [0.2, 0.25) is 0 Å². The molecule has 0 radical (unpaired) electrons. The van der Waals surface area contributed by atoms with Crippen LogP contribution in [0.15, 0.2) is 0 Å². The van der Waals surface area contributed by atoms with Crippen molar-refractivity contribution in [2.45, 2.75) is 32.2 Å². The summed E-state index contributed by atoms with van der Waals surface area (Å²) in [5.41, 5.74) is 0.996. The monoisotopic (exact) mass is 290 g/mol. The van der Waals surface area contributed by atoms with Gasteiger partial charge in [0.1, 0.15) is 5.15 Å². The number of halogens is 1. The highest BCUT2D eigenvalue weighted by molar-refractivity contribution is 7.91. The molecule has 18 heavy (non-hydrogen) atoms. The summed E-state index contributed by atoms with van der Waals surface area (Å²) in [6.07, 6.45) is 1.18. The quantitative estimate of drug-likeness (QED) is 0.797. The highest BCUT2D eigenvalue weighted by Crippen LogP contribution is 2.31. The smallest absolute Gasteiger partial charge is 0.155 e. The van der Waals surface area contributed by atoms with Crippen molar-refractivity contribution in [3.05, 3.63) is 16.4 Å². The number of hydrogen-bond donors (Lipinski definition) is 0. The third kappa shape index (κ3) is 2.31. The van der Waals surface area contributed by atoms with Crippen LogP contribution >= 0.6 is 11.6 Å². The van der Waals surface area contributed by atoms with Crippen molar-refractivity contribution in [3.63, 3.8) is 0 Å². The lowest BCUT2D eigenvalue weighted by atomic mass is 10.1. The molecule has 1 aliphatic rings. The molecule has 7 heteroatoms. The van der Waals surface area contributed by atoms with Crippen LogP contribution in [0.1, 0.15) is 48.3 Å². The van der Waals surface area contributed by atoms with E-state index < -0.39 is 9.84 Å². The Morgan fingerprint density at radius 3 is 2.56 bits per heavy atom. The zero-order valence-corrected chi connectivity index (χ0v) is 11.8. The van der Waals surface area contributed by atoms with Gasteiger partial charge in [-0.3, -0.25) is 4.79 Å². The second-order valence-electron chi connectivity index (χ2n) is 4.86. The van der Waals surface area contributed by atoms with Gasteiger partial charge < -0.3 is 0 Å². The molecule has 0 bridgehead atoms. The Labute approximate surface area is 111 Å². The number of aromatic nitrogens is 2. The fraction of sp³-hybridized carbons (Fsp3) is 0.636. The standard InChI is InChI=1S/C11H15ClN2O3S/c1-7(2)10-9(5-15)11(12)14(13-10)8-3-4-18(16,17)6-8/h5,7-8H,3-4,6H2,1-2H3. The third-order valence-corrected chi connectivity index (χ3v) is 5.26. The summed E-state index contributed by atoms with van der Waals surface area (Å²) in [6, 6.07) is -0.256. The molecule has 0 spiro atoms. The molecule has 1 aromatic rings. The van der Waals surface area contributed by atoms with Crippen molar-refractivity contribution >= 4 is 27.7 Å². The van der Waals surface area contributed by atoms with E-state index in [0.717, 1.165) is 0 Å². The van der Waals surface area contributed by atoms with Crippen LogP contribution < -0.4 is 0 Å². The van der Waals surface area contributed by atoms with Gasteiger partial charge in [0.25, 0.3) is 0 Å². The Morgan fingerprint density at radius 2 is 2.17 bits per heavy atom. The van der Waals surface area contributed by atoms with Crippen LogP contribution in [0.25, 0.3) is 0 Å². The third-order valence-electron chi connectivity index (χ3n) is 3.13. The second-order valence-corrected chi connectivity index (χ2v) is 7.45. The fourth-order valence-corrected chi connectivity index (χ4v) is 4.20. The lowest BCUT2D eigenvalue weighted by Crippen LogP contribution is -2.13. The van der Waals surface area contributed by atoms with Gasteiger partial charge in [-0.15, -0.1) is 0 Å². The van der Waals surface area contributed by atoms with Crippen molar-refractivity contribution in [2.75, 3.05) is 11.5 Å². The molecule has 1 aromatic heterocycles. The molecule has 1 fully saturated rings. The lowest BCUT2D eigenvalue weighted by molar-refractivity contribution is 0.112. The van der Waals surface area contributed by atoms with Gasteiger partial charge in [0.15, 0.2) is 16.1 Å². The minimum Gasteiger partial charge on any atom is -0.298 e. The summed E-state index contributed by atoms with van der Waals surface area (Å²) >= 11 is 6.12. The van der Waals surface area contributed by atoms with E-state index in [-0.39, 0.29) is 28.6 Å². The van der Waals surface area contributed by atoms with E-state index in [9.17, 15) is 13.2 Å². The zero-order chi connectivity index (χ0) is 13.5. The average molecular weight is 291 g/mol. The predicted molar refractivity (Wildman–Crippen MR) is 69.0 cm³/mol. The number of hydrogen-bond acceptors (Lipinski definition) is 4. The highest BCUT2D eigenvalue weighted by Gasteiger charge is 2.32. The molecule has 0 amide bonds. The Morgan fingerprint density at radius 1 is 1.50 bits per heavy atom. The van der Waals surface area contributed by atoms with Crippen LogP contribution in [-0.4, -0.2) is 36.0 Å². The molecular formula is C11H15ClN2O3S. The largest absolute Gasteiger partial charge is 0.298 e. The van der Waals surface area contributed by atoms with Crippen molar-refractivity contribution in [3.8, 4) is 0 Å². The van der Waals surface area contributed by atoms with Crippen molar-refractivity contribution in [1.29, 1.82) is 0 Å². The summed E-state index contributed by atoms with van der Waals surface area (Å²) in [5, 5.41) is 4.56. The first-order valence-corrected chi connectivity index (χ1v) is 7.99. The molecule has 1 atom stereocenters. The Balaban J connectivity index is 2.44. The molecule has 1 saturated heterocycles. The first-order chi connectivity index (χ1) is 8.35. The molecule has 100 valence electrons. The zero-order valence-electron chi connectivity index (χ0n) is 10.3. The lowest BCUT2D eigenvalue weighted by Gasteiger charge is -2.09. The molecule has 0 saturated carbocycles. The van der Waals surface area contributed by atoms with Crippen molar-refractivity contribution < 1.29 is 13.2 Å². The summed E-state index contributed by atoms with van der Waals surface area (Å²) in [5.74, 6) is 0.271. The maximum absolute atomic E-state index is 11.5. The molecule has 0 aliphatic carbocycles. The first-order valence-electron chi connectivity index (χ1n) is 5.79. The Kier molecular flexibility index (Phi) is 3.51. The van der Waals surface area contributed by atoms with Gasteiger partial charge in [-0.25, -0.2) is 13.1 Å². The summed E-state index contributed by atoms with van der Waals surface area (Å²) in [4.78, 5) is 11.1. The highest BCUT2D eigenvalue weighted by atomic mass is 35.5. The maximum atomic E-state index is 11.5. The molecule has 2 heterocycles. The van der Waals surface area contributed by atoms with Crippen molar-refractivity contribution in [1.82, 2.24) is 9.78 Å². The minimum absolute atomic E-state index is 0.0459. The van der Waals surface area contributed by atoms with Crippen LogP contribution in [0, 0.1) is 0 Å². The molecule has 5 nitrogen and oxygen atoms in total. The number of aldehydes is 1. The van der Waals surface area contributed by atoms with Crippen LogP contribution in [0.2, 0.25) is 5.15 Å². The topological polar surface area (TPSA) is 69.0 Å². The number of nitrogens with zero attached hydrogens (tertiary/aromatic N) is 2. The van der Waals surface area contributed by atoms with Crippen LogP contribution in [0.5, 0.6) is 0 Å². The van der Waals surface area contributed by atoms with E-state index in [1.165, 1.54) is 4.68 Å². The van der Waals surface area contributed by atoms with Crippen LogP contribution in [-0.2, 0) is 9.84 Å². The average Bonchev–Trinajstić information content (AvgIpc) is 2.78. The number of sulfone groups is 1. The summed E-state index contributed by atoms with van der Waals surface area (Å²) in [6.45, 7) is 3.84. The number of carbonyl (C=O) groups is 1. The van der Waals surface area contributed by atoms with Gasteiger partial charge in [0.05, 0.1) is 28.8 Å². The minimum atomic E-state index is -3.00. The Hall–Kier alpha value is -0.880. The van der Waals surface area contributed by atoms with Gasteiger partial charge in [-0.2, -0.15) is 5.10 Å². The second kappa shape index (κ2) is 4.66. The van der Waals surface area contributed by atoms with Gasteiger partial charge in [-0.1, -0.05) is 25.4 Å². The van der Waals surface area contributed by atoms with Gasteiger partial charge in [-0.05, 0) is 12.3 Å². The number of carbonyl (C=O) groups excluding carboxylic acids is 1. The van der Waals surface area contributed by atoms with E-state index in [4.69, 9.17) is 11.6 Å². The normalized spacial score (nSPS) is 22.6. The molecule has 0 aromatic carbocycles. The molecule has 1 unspecified atom stereocenters. The van der Waals surface area contributed by atoms with Crippen molar-refractivity contribution in [2.24, 2.45) is 0 Å². The van der Waals surface area contributed by atoms with E-state index in [1.807, 2.05) is 13.8 Å². The van der Waals surface area contributed by atoms with Gasteiger partial charge in [0, 0.05) is 0 Å². The van der Waals surface area contributed by atoms with Crippen LogP contribution in [0.3, 0.4) is 0 Å². The first kappa shape index (κ1) is 13.5. The SMILES string of the molecule is CC(C)c1nn(C2CCS(=O)(=O)C2)c(Cl)c1C=O. The maximum Gasteiger partial charge on any atom is 0.155 e. The van der Waals surface area contributed by atoms with E-state index in [2.05, 4.69) is 5.10 Å². The molecular weight excluding hydrogens is 276 g/mol. The summed E-state index contributed by atoms with van der Waals surface area (Å²) in [7, 11) is -3.00. The molecule has 2 rings (SSSR count). The fourth-order valence-electron chi connectivity index (χ4n) is 2.19. The van der Waals surface area contributed by atoms with Crippen LogP contribution in [0.4, 0.5) is 0 Å². The van der Waals surface area contributed by atoms with Gasteiger partial charge >= 0.3 is 0 Å². The van der Waals surface area contributed by atoms with E-state index in [1.54, 1.807) is 0 Å². The number of rotatable bonds is 3. The van der Waals surface area contributed by atoms with E-state index >= 15 is 0 Å². The predicted octanol–water partition coefficient (Wildman–Crippen LogP) is 1.83. The summed E-state index contributed by atoms with van der Waals surface area (Å²) < 4.78 is 24.4. The molecule has 0 N–H and O–H groups in total. The Bertz CT molecular complexity index is 577. The van der Waals surface area contributed by atoms with E-state index in [0.29, 0.717) is 24.0 Å².